The van der Waals surface area contributed by atoms with Crippen molar-refractivity contribution in [2.75, 3.05) is 7.05 Å². The second-order valence-corrected chi connectivity index (χ2v) is 5.13. The van der Waals surface area contributed by atoms with Crippen LogP contribution in [-0.2, 0) is 6.54 Å². The molecule has 1 N–H and O–H groups in total. The van der Waals surface area contributed by atoms with Gasteiger partial charge in [0.2, 0.25) is 0 Å². The Morgan fingerprint density at radius 2 is 2.06 bits per heavy atom. The first-order chi connectivity index (χ1) is 8.27. The Morgan fingerprint density at radius 1 is 1.44 bits per heavy atom. The number of rotatable bonds is 5. The number of carboxylic acids is 1. The van der Waals surface area contributed by atoms with Crippen molar-refractivity contribution in [3.8, 4) is 0 Å². The molecular weight excluding hydrogens is 233 g/mol. The number of carboxylic acid groups (broad SMARTS) is 1. The molecule has 100 valence electrons. The summed E-state index contributed by atoms with van der Waals surface area (Å²) < 4.78 is 13.7. The highest BCUT2D eigenvalue weighted by molar-refractivity contribution is 5.87. The smallest absolute Gasteiger partial charge is 0.335 e. The Morgan fingerprint density at radius 3 is 2.56 bits per heavy atom. The van der Waals surface area contributed by atoms with Crippen LogP contribution in [0, 0.1) is 5.82 Å². The number of nitrogens with zero attached hydrogens (tertiary/aromatic N) is 1. The van der Waals surface area contributed by atoms with E-state index in [4.69, 9.17) is 5.11 Å². The molecule has 0 radical (unpaired) electrons. The van der Waals surface area contributed by atoms with Gasteiger partial charge in [-0.2, -0.15) is 0 Å². The quantitative estimate of drug-likeness (QED) is 0.876. The minimum absolute atomic E-state index is 0.0499. The number of hydrogen-bond acceptors (Lipinski definition) is 2. The Hall–Kier alpha value is -1.42. The highest BCUT2D eigenvalue weighted by atomic mass is 19.1. The molecule has 0 unspecified atom stereocenters. The van der Waals surface area contributed by atoms with Gasteiger partial charge in [0.15, 0.2) is 0 Å². The maximum atomic E-state index is 13.7. The highest BCUT2D eigenvalue weighted by Crippen LogP contribution is 2.21. The lowest BCUT2D eigenvalue weighted by atomic mass is 9.99. The maximum Gasteiger partial charge on any atom is 0.335 e. The van der Waals surface area contributed by atoms with E-state index in [9.17, 15) is 9.18 Å². The van der Waals surface area contributed by atoms with Crippen molar-refractivity contribution in [3.63, 3.8) is 0 Å². The van der Waals surface area contributed by atoms with Crippen LogP contribution >= 0.6 is 0 Å². The van der Waals surface area contributed by atoms with E-state index < -0.39 is 5.97 Å². The van der Waals surface area contributed by atoms with Gasteiger partial charge in [-0.25, -0.2) is 9.18 Å². The zero-order valence-corrected chi connectivity index (χ0v) is 11.3. The first-order valence-electron chi connectivity index (χ1n) is 6.01. The molecule has 0 saturated heterocycles. The molecule has 0 amide bonds. The third-order valence-corrected chi connectivity index (χ3v) is 3.60. The summed E-state index contributed by atoms with van der Waals surface area (Å²) in [5, 5.41) is 8.90. The molecule has 0 aliphatic heterocycles. The molecule has 4 heteroatoms. The molecule has 1 aromatic carbocycles. The first-order valence-corrected chi connectivity index (χ1v) is 6.01. The fourth-order valence-electron chi connectivity index (χ4n) is 1.57. The predicted molar refractivity (Wildman–Crippen MR) is 69.2 cm³/mol. The standard InChI is InChI=1S/C14H20FNO2/c1-5-14(2,3)16(4)9-11-8-10(13(17)18)6-7-12(11)15/h6-8H,5,9H2,1-4H3,(H,17,18). The minimum Gasteiger partial charge on any atom is -0.478 e. The summed E-state index contributed by atoms with van der Waals surface area (Å²) in [6, 6.07) is 3.90. The van der Waals surface area contributed by atoms with Crippen LogP contribution in [0.4, 0.5) is 4.39 Å². The summed E-state index contributed by atoms with van der Waals surface area (Å²) in [5.74, 6) is -1.40. The van der Waals surface area contributed by atoms with E-state index in [2.05, 4.69) is 20.8 Å². The van der Waals surface area contributed by atoms with Gasteiger partial charge in [-0.05, 0) is 45.5 Å². The predicted octanol–water partition coefficient (Wildman–Crippen LogP) is 3.14. The average molecular weight is 253 g/mol. The van der Waals surface area contributed by atoms with Gasteiger partial charge < -0.3 is 5.11 Å². The van der Waals surface area contributed by atoms with Crippen LogP contribution in [0.5, 0.6) is 0 Å². The molecule has 1 rings (SSSR count). The number of halogens is 1. The lowest BCUT2D eigenvalue weighted by Crippen LogP contribution is -2.40. The van der Waals surface area contributed by atoms with Crippen molar-refractivity contribution in [3.05, 3.63) is 35.1 Å². The molecular formula is C14H20FNO2. The van der Waals surface area contributed by atoms with E-state index in [-0.39, 0.29) is 16.9 Å². The zero-order valence-electron chi connectivity index (χ0n) is 11.3. The Bertz CT molecular complexity index is 443. The summed E-state index contributed by atoms with van der Waals surface area (Å²) in [6.45, 7) is 6.62. The molecule has 1 aromatic rings. The second kappa shape index (κ2) is 5.48. The Balaban J connectivity index is 2.97. The Labute approximate surface area is 107 Å². The van der Waals surface area contributed by atoms with Gasteiger partial charge in [0.1, 0.15) is 5.82 Å². The number of hydrogen-bond donors (Lipinski definition) is 1. The van der Waals surface area contributed by atoms with Gasteiger partial charge in [-0.3, -0.25) is 4.90 Å². The van der Waals surface area contributed by atoms with Crippen molar-refractivity contribution >= 4 is 5.97 Å². The molecule has 0 spiro atoms. The van der Waals surface area contributed by atoms with Gasteiger partial charge in [0.05, 0.1) is 5.56 Å². The van der Waals surface area contributed by atoms with Crippen LogP contribution in [0.3, 0.4) is 0 Å². The van der Waals surface area contributed by atoms with Crippen LogP contribution in [0.2, 0.25) is 0 Å². The van der Waals surface area contributed by atoms with Crippen LogP contribution in [0.25, 0.3) is 0 Å². The third kappa shape index (κ3) is 3.29. The fraction of sp³-hybridized carbons (Fsp3) is 0.500. The summed E-state index contributed by atoms with van der Waals surface area (Å²) in [4.78, 5) is 12.9. The molecule has 3 nitrogen and oxygen atoms in total. The summed E-state index contributed by atoms with van der Waals surface area (Å²) in [7, 11) is 1.91. The highest BCUT2D eigenvalue weighted by Gasteiger charge is 2.22. The lowest BCUT2D eigenvalue weighted by Gasteiger charge is -2.35. The number of carbonyl (C=O) groups is 1. The van der Waals surface area contributed by atoms with Gasteiger partial charge in [0.25, 0.3) is 0 Å². The van der Waals surface area contributed by atoms with Crippen LogP contribution < -0.4 is 0 Å². The second-order valence-electron chi connectivity index (χ2n) is 5.13. The molecule has 0 heterocycles. The number of aromatic carboxylic acids is 1. The topological polar surface area (TPSA) is 40.5 Å². The van der Waals surface area contributed by atoms with E-state index in [1.807, 2.05) is 11.9 Å². The van der Waals surface area contributed by atoms with Gasteiger partial charge in [-0.15, -0.1) is 0 Å². The van der Waals surface area contributed by atoms with E-state index in [1.54, 1.807) is 0 Å². The molecule has 0 aromatic heterocycles. The van der Waals surface area contributed by atoms with Crippen molar-refractivity contribution in [1.29, 1.82) is 0 Å². The molecule has 0 saturated carbocycles. The molecule has 18 heavy (non-hydrogen) atoms. The normalized spacial score (nSPS) is 11.9. The van der Waals surface area contributed by atoms with Crippen LogP contribution in [0.15, 0.2) is 18.2 Å². The van der Waals surface area contributed by atoms with Crippen molar-refractivity contribution in [1.82, 2.24) is 4.90 Å². The largest absolute Gasteiger partial charge is 0.478 e. The van der Waals surface area contributed by atoms with Gasteiger partial charge >= 0.3 is 5.97 Å². The zero-order chi connectivity index (χ0) is 13.9. The fourth-order valence-corrected chi connectivity index (χ4v) is 1.57. The summed E-state index contributed by atoms with van der Waals surface area (Å²) in [6.07, 6.45) is 0.934. The van der Waals surface area contributed by atoms with Crippen molar-refractivity contribution < 1.29 is 14.3 Å². The average Bonchev–Trinajstić information content (AvgIpc) is 2.31. The maximum absolute atomic E-state index is 13.7. The van der Waals surface area contributed by atoms with E-state index >= 15 is 0 Å². The molecule has 0 bridgehead atoms. The summed E-state index contributed by atoms with van der Waals surface area (Å²) >= 11 is 0. The van der Waals surface area contributed by atoms with E-state index in [0.29, 0.717) is 12.1 Å². The molecule has 0 atom stereocenters. The van der Waals surface area contributed by atoms with Crippen molar-refractivity contribution in [2.45, 2.75) is 39.3 Å². The lowest BCUT2D eigenvalue weighted by molar-refractivity contribution is 0.0696. The van der Waals surface area contributed by atoms with Crippen LogP contribution in [-0.4, -0.2) is 28.6 Å². The summed E-state index contributed by atoms with van der Waals surface area (Å²) in [5.41, 5.74) is 0.485. The van der Waals surface area contributed by atoms with E-state index in [0.717, 1.165) is 6.42 Å². The first kappa shape index (κ1) is 14.6. The minimum atomic E-state index is -1.03. The van der Waals surface area contributed by atoms with Gasteiger partial charge in [-0.1, -0.05) is 6.92 Å². The van der Waals surface area contributed by atoms with E-state index in [1.165, 1.54) is 18.2 Å². The van der Waals surface area contributed by atoms with Crippen molar-refractivity contribution in [2.24, 2.45) is 0 Å². The van der Waals surface area contributed by atoms with Gasteiger partial charge in [0, 0.05) is 17.6 Å². The molecule has 0 aliphatic rings. The van der Waals surface area contributed by atoms with Crippen LogP contribution in [0.1, 0.15) is 43.1 Å². The number of benzene rings is 1. The monoisotopic (exact) mass is 253 g/mol. The molecule has 0 aliphatic carbocycles. The third-order valence-electron chi connectivity index (χ3n) is 3.60. The Kier molecular flexibility index (Phi) is 4.46. The molecule has 0 fully saturated rings. The SMILES string of the molecule is CCC(C)(C)N(C)Cc1cc(C(=O)O)ccc1F.